The SMILES string of the molecule is CC1CC=CCC1COc1nc2ccc(C(=O)O)cc2o1. The lowest BCUT2D eigenvalue weighted by Gasteiger charge is -2.24. The number of oxazole rings is 1. The first-order valence-corrected chi connectivity index (χ1v) is 7.05. The maximum Gasteiger partial charge on any atom is 0.394 e. The minimum absolute atomic E-state index is 0.177. The Morgan fingerprint density at radius 2 is 2.24 bits per heavy atom. The van der Waals surface area contributed by atoms with Crippen LogP contribution in [-0.2, 0) is 0 Å². The second-order valence-electron chi connectivity index (χ2n) is 5.46. The van der Waals surface area contributed by atoms with Crippen LogP contribution in [0, 0.1) is 11.8 Å². The van der Waals surface area contributed by atoms with Gasteiger partial charge in [-0.25, -0.2) is 4.79 Å². The molecule has 0 saturated heterocycles. The summed E-state index contributed by atoms with van der Waals surface area (Å²) in [5.74, 6) is 0.0520. The topological polar surface area (TPSA) is 72.6 Å². The molecule has 0 fully saturated rings. The molecule has 5 heteroatoms. The predicted octanol–water partition coefficient (Wildman–Crippen LogP) is 3.51. The number of carboxylic acids is 1. The van der Waals surface area contributed by atoms with E-state index in [0.717, 1.165) is 12.8 Å². The maximum atomic E-state index is 10.9. The minimum atomic E-state index is -0.987. The lowest BCUT2D eigenvalue weighted by atomic mass is 9.85. The van der Waals surface area contributed by atoms with Gasteiger partial charge in [-0.2, -0.15) is 4.98 Å². The van der Waals surface area contributed by atoms with E-state index in [-0.39, 0.29) is 11.6 Å². The van der Waals surface area contributed by atoms with Crippen molar-refractivity contribution in [3.05, 3.63) is 35.9 Å². The van der Waals surface area contributed by atoms with Gasteiger partial charge in [-0.05, 0) is 42.9 Å². The molecular weight excluding hydrogens is 270 g/mol. The first-order valence-electron chi connectivity index (χ1n) is 7.05. The summed E-state index contributed by atoms with van der Waals surface area (Å²) in [4.78, 5) is 15.1. The Bertz CT molecular complexity index is 689. The molecule has 1 aliphatic rings. The van der Waals surface area contributed by atoms with Gasteiger partial charge in [0.05, 0.1) is 12.2 Å². The van der Waals surface area contributed by atoms with E-state index in [0.29, 0.717) is 29.5 Å². The summed E-state index contributed by atoms with van der Waals surface area (Å²) in [6, 6.07) is 4.59. The van der Waals surface area contributed by atoms with Crippen LogP contribution in [0.2, 0.25) is 0 Å². The molecule has 110 valence electrons. The number of rotatable bonds is 4. The van der Waals surface area contributed by atoms with Crippen molar-refractivity contribution < 1.29 is 19.1 Å². The van der Waals surface area contributed by atoms with Gasteiger partial charge >= 0.3 is 12.0 Å². The number of carboxylic acid groups (broad SMARTS) is 1. The summed E-state index contributed by atoms with van der Waals surface area (Å²) < 4.78 is 11.1. The van der Waals surface area contributed by atoms with E-state index >= 15 is 0 Å². The Labute approximate surface area is 122 Å². The van der Waals surface area contributed by atoms with Crippen LogP contribution in [0.1, 0.15) is 30.1 Å². The second-order valence-corrected chi connectivity index (χ2v) is 5.46. The molecule has 0 bridgehead atoms. The van der Waals surface area contributed by atoms with Gasteiger partial charge in [0.1, 0.15) is 5.52 Å². The van der Waals surface area contributed by atoms with Crippen molar-refractivity contribution in [2.75, 3.05) is 6.61 Å². The summed E-state index contributed by atoms with van der Waals surface area (Å²) in [5, 5.41) is 8.95. The molecule has 2 aromatic rings. The number of hydrogen-bond donors (Lipinski definition) is 1. The molecular formula is C16H17NO4. The van der Waals surface area contributed by atoms with Crippen molar-refractivity contribution >= 4 is 17.1 Å². The highest BCUT2D eigenvalue weighted by Crippen LogP contribution is 2.27. The van der Waals surface area contributed by atoms with Gasteiger partial charge in [0.15, 0.2) is 5.58 Å². The van der Waals surface area contributed by atoms with Gasteiger partial charge in [0.25, 0.3) is 0 Å². The smallest absolute Gasteiger partial charge is 0.394 e. The molecule has 2 atom stereocenters. The standard InChI is InChI=1S/C16H17NO4/c1-10-4-2-3-5-12(10)9-20-16-17-13-7-6-11(15(18)19)8-14(13)21-16/h2-3,6-8,10,12H,4-5,9H2,1H3,(H,18,19). The van der Waals surface area contributed by atoms with Gasteiger partial charge in [-0.1, -0.05) is 19.1 Å². The summed E-state index contributed by atoms with van der Waals surface area (Å²) in [5.41, 5.74) is 1.21. The number of carbonyl (C=O) groups is 1. The van der Waals surface area contributed by atoms with Gasteiger partial charge in [-0.15, -0.1) is 0 Å². The second kappa shape index (κ2) is 5.60. The average Bonchev–Trinajstić information content (AvgIpc) is 2.88. The van der Waals surface area contributed by atoms with Crippen molar-refractivity contribution in [3.8, 4) is 6.08 Å². The zero-order valence-electron chi connectivity index (χ0n) is 11.8. The first-order chi connectivity index (χ1) is 10.1. The Balaban J connectivity index is 1.72. The van der Waals surface area contributed by atoms with Crippen LogP contribution in [0.3, 0.4) is 0 Å². The Kier molecular flexibility index (Phi) is 3.64. The number of allylic oxidation sites excluding steroid dienone is 2. The van der Waals surface area contributed by atoms with Crippen LogP contribution >= 0.6 is 0 Å². The van der Waals surface area contributed by atoms with Crippen LogP contribution in [0.4, 0.5) is 0 Å². The number of fused-ring (bicyclic) bond motifs is 1. The van der Waals surface area contributed by atoms with Crippen molar-refractivity contribution in [2.45, 2.75) is 19.8 Å². The lowest BCUT2D eigenvalue weighted by molar-refractivity contribution is 0.0697. The molecule has 21 heavy (non-hydrogen) atoms. The fourth-order valence-corrected chi connectivity index (χ4v) is 2.52. The van der Waals surface area contributed by atoms with Crippen LogP contribution < -0.4 is 4.74 Å². The Morgan fingerprint density at radius 1 is 1.43 bits per heavy atom. The van der Waals surface area contributed by atoms with Gasteiger partial charge in [0, 0.05) is 0 Å². The summed E-state index contributed by atoms with van der Waals surface area (Å²) in [6.07, 6.45) is 6.66. The molecule has 1 aliphatic carbocycles. The largest absolute Gasteiger partial charge is 0.478 e. The molecule has 1 aromatic heterocycles. The fourth-order valence-electron chi connectivity index (χ4n) is 2.52. The van der Waals surface area contributed by atoms with Crippen LogP contribution in [0.25, 0.3) is 11.1 Å². The normalized spacial score (nSPS) is 21.6. The number of aromatic nitrogens is 1. The molecule has 3 rings (SSSR count). The molecule has 5 nitrogen and oxygen atoms in total. The molecule has 1 heterocycles. The highest BCUT2D eigenvalue weighted by molar-refractivity contribution is 5.91. The minimum Gasteiger partial charge on any atom is -0.478 e. The van der Waals surface area contributed by atoms with E-state index in [4.69, 9.17) is 14.3 Å². The van der Waals surface area contributed by atoms with E-state index in [1.807, 2.05) is 0 Å². The van der Waals surface area contributed by atoms with Gasteiger partial charge in [-0.3, -0.25) is 0 Å². The van der Waals surface area contributed by atoms with Gasteiger partial charge in [0.2, 0.25) is 0 Å². The molecule has 0 spiro atoms. The van der Waals surface area contributed by atoms with Crippen molar-refractivity contribution in [1.82, 2.24) is 4.98 Å². The zero-order chi connectivity index (χ0) is 14.8. The van der Waals surface area contributed by atoms with E-state index in [2.05, 4.69) is 24.1 Å². The van der Waals surface area contributed by atoms with E-state index in [1.54, 1.807) is 6.07 Å². The van der Waals surface area contributed by atoms with Crippen molar-refractivity contribution in [1.29, 1.82) is 0 Å². The monoisotopic (exact) mass is 287 g/mol. The van der Waals surface area contributed by atoms with E-state index in [1.165, 1.54) is 12.1 Å². The highest BCUT2D eigenvalue weighted by Gasteiger charge is 2.20. The third-order valence-corrected chi connectivity index (χ3v) is 3.95. The van der Waals surface area contributed by atoms with E-state index < -0.39 is 5.97 Å². The maximum absolute atomic E-state index is 10.9. The summed E-state index contributed by atoms with van der Waals surface area (Å²) in [6.45, 7) is 2.77. The number of benzene rings is 1. The molecule has 2 unspecified atom stereocenters. The van der Waals surface area contributed by atoms with E-state index in [9.17, 15) is 4.79 Å². The third kappa shape index (κ3) is 2.91. The van der Waals surface area contributed by atoms with Crippen LogP contribution in [0.5, 0.6) is 6.08 Å². The molecule has 0 aliphatic heterocycles. The van der Waals surface area contributed by atoms with Crippen LogP contribution in [-0.4, -0.2) is 22.7 Å². The number of nitrogens with zero attached hydrogens (tertiary/aromatic N) is 1. The first kappa shape index (κ1) is 13.7. The molecule has 1 N–H and O–H groups in total. The molecule has 0 radical (unpaired) electrons. The third-order valence-electron chi connectivity index (χ3n) is 3.95. The van der Waals surface area contributed by atoms with Crippen LogP contribution in [0.15, 0.2) is 34.8 Å². The Hall–Kier alpha value is -2.30. The Morgan fingerprint density at radius 3 is 3.00 bits per heavy atom. The number of ether oxygens (including phenoxy) is 1. The molecule has 0 amide bonds. The molecule has 0 saturated carbocycles. The predicted molar refractivity (Wildman–Crippen MR) is 77.5 cm³/mol. The highest BCUT2D eigenvalue weighted by atomic mass is 16.6. The molecule has 1 aromatic carbocycles. The van der Waals surface area contributed by atoms with Gasteiger partial charge < -0.3 is 14.3 Å². The fraction of sp³-hybridized carbons (Fsp3) is 0.375. The summed E-state index contributed by atoms with van der Waals surface area (Å²) >= 11 is 0. The zero-order valence-corrected chi connectivity index (χ0v) is 11.8. The summed E-state index contributed by atoms with van der Waals surface area (Å²) in [7, 11) is 0. The number of hydrogen-bond acceptors (Lipinski definition) is 4. The lowest BCUT2D eigenvalue weighted by Crippen LogP contribution is -2.21. The van der Waals surface area contributed by atoms with Crippen molar-refractivity contribution in [3.63, 3.8) is 0 Å². The van der Waals surface area contributed by atoms with Crippen molar-refractivity contribution in [2.24, 2.45) is 11.8 Å². The average molecular weight is 287 g/mol. The number of aromatic carboxylic acids is 1. The quantitative estimate of drug-likeness (QED) is 0.871.